The molecule has 0 radical (unpaired) electrons. The number of rotatable bonds is 1. The van der Waals surface area contributed by atoms with Gasteiger partial charge in [-0.15, -0.1) is 5.10 Å². The van der Waals surface area contributed by atoms with E-state index in [1.165, 1.54) is 6.07 Å². The Labute approximate surface area is 95.0 Å². The summed E-state index contributed by atoms with van der Waals surface area (Å²) < 4.78 is 16.0. The summed E-state index contributed by atoms with van der Waals surface area (Å²) in [6.07, 6.45) is 0. The van der Waals surface area contributed by atoms with Gasteiger partial charge in [0.1, 0.15) is 5.82 Å². The van der Waals surface area contributed by atoms with Crippen LogP contribution in [0.15, 0.2) is 22.7 Å². The van der Waals surface area contributed by atoms with Crippen LogP contribution in [-0.4, -0.2) is 15.0 Å². The number of hydrogen-bond acceptors (Lipinski definition) is 2. The Kier molecular flexibility index (Phi) is 2.56. The molecule has 0 N–H and O–H groups in total. The minimum absolute atomic E-state index is 0.280. The molecule has 0 unspecified atom stereocenters. The molecule has 0 spiro atoms. The first-order valence-electron chi connectivity index (χ1n) is 4.41. The molecule has 1 aromatic carbocycles. The topological polar surface area (TPSA) is 30.7 Å². The van der Waals surface area contributed by atoms with Gasteiger partial charge in [0.15, 0.2) is 0 Å². The maximum atomic E-state index is 13.7. The fourth-order valence-electron chi connectivity index (χ4n) is 1.51. The smallest absolute Gasteiger partial charge is 0.133 e. The standard InChI is InChI=1S/C10H9BrFN3/c1-6-10(15(2)14-13-6)8-4-3-7(11)5-9(8)12/h3-5H,1-2H3. The highest BCUT2D eigenvalue weighted by atomic mass is 79.9. The highest BCUT2D eigenvalue weighted by molar-refractivity contribution is 9.10. The third-order valence-corrected chi connectivity index (χ3v) is 2.67. The highest BCUT2D eigenvalue weighted by Gasteiger charge is 2.13. The van der Waals surface area contributed by atoms with E-state index >= 15 is 0 Å². The predicted octanol–water partition coefficient (Wildman–Crippen LogP) is 2.69. The van der Waals surface area contributed by atoms with Crippen molar-refractivity contribution in [2.45, 2.75) is 6.92 Å². The second-order valence-electron chi connectivity index (χ2n) is 3.27. The molecule has 78 valence electrons. The Bertz CT molecular complexity index is 488. The van der Waals surface area contributed by atoms with Crippen LogP contribution >= 0.6 is 15.9 Å². The normalized spacial score (nSPS) is 10.7. The highest BCUT2D eigenvalue weighted by Crippen LogP contribution is 2.26. The van der Waals surface area contributed by atoms with Crippen molar-refractivity contribution in [1.29, 1.82) is 0 Å². The fourth-order valence-corrected chi connectivity index (χ4v) is 1.84. The van der Waals surface area contributed by atoms with Crippen molar-refractivity contribution in [3.8, 4) is 11.3 Å². The predicted molar refractivity (Wildman–Crippen MR) is 58.8 cm³/mol. The van der Waals surface area contributed by atoms with Gasteiger partial charge < -0.3 is 0 Å². The molecule has 0 amide bonds. The molecule has 0 saturated carbocycles. The summed E-state index contributed by atoms with van der Waals surface area (Å²) in [5.74, 6) is -0.280. The number of halogens is 2. The average Bonchev–Trinajstić information content (AvgIpc) is 2.48. The molecule has 0 saturated heterocycles. The molecule has 0 aliphatic rings. The molecule has 2 rings (SSSR count). The second kappa shape index (κ2) is 3.73. The van der Waals surface area contributed by atoms with Gasteiger partial charge in [-0.3, -0.25) is 0 Å². The molecule has 1 heterocycles. The molecule has 0 fully saturated rings. The average molecular weight is 270 g/mol. The molecule has 1 aromatic heterocycles. The van der Waals surface area contributed by atoms with E-state index in [1.807, 2.05) is 6.92 Å². The van der Waals surface area contributed by atoms with Crippen LogP contribution in [0.2, 0.25) is 0 Å². The van der Waals surface area contributed by atoms with Crippen LogP contribution in [0.3, 0.4) is 0 Å². The van der Waals surface area contributed by atoms with Gasteiger partial charge in [-0.25, -0.2) is 9.07 Å². The lowest BCUT2D eigenvalue weighted by atomic mass is 10.1. The van der Waals surface area contributed by atoms with E-state index in [0.717, 1.165) is 10.2 Å². The van der Waals surface area contributed by atoms with Crippen molar-refractivity contribution in [2.75, 3.05) is 0 Å². The summed E-state index contributed by atoms with van der Waals surface area (Å²) in [7, 11) is 1.75. The van der Waals surface area contributed by atoms with Gasteiger partial charge >= 0.3 is 0 Å². The second-order valence-corrected chi connectivity index (χ2v) is 4.19. The Morgan fingerprint density at radius 3 is 2.67 bits per heavy atom. The first kappa shape index (κ1) is 10.3. The monoisotopic (exact) mass is 269 g/mol. The van der Waals surface area contributed by atoms with E-state index in [0.29, 0.717) is 11.3 Å². The van der Waals surface area contributed by atoms with Crippen LogP contribution in [0, 0.1) is 12.7 Å². The maximum Gasteiger partial charge on any atom is 0.133 e. The summed E-state index contributed by atoms with van der Waals surface area (Å²) in [6, 6.07) is 4.94. The molecule has 0 aliphatic heterocycles. The quantitative estimate of drug-likeness (QED) is 0.797. The maximum absolute atomic E-state index is 13.7. The van der Waals surface area contributed by atoms with Crippen LogP contribution in [0.5, 0.6) is 0 Å². The minimum Gasteiger partial charge on any atom is -0.247 e. The summed E-state index contributed by atoms with van der Waals surface area (Å²) in [4.78, 5) is 0. The summed E-state index contributed by atoms with van der Waals surface area (Å²) in [5, 5.41) is 7.74. The lowest BCUT2D eigenvalue weighted by Crippen LogP contribution is -1.96. The van der Waals surface area contributed by atoms with Crippen LogP contribution in [0.1, 0.15) is 5.69 Å². The zero-order valence-electron chi connectivity index (χ0n) is 8.33. The van der Waals surface area contributed by atoms with Gasteiger partial charge in [-0.05, 0) is 25.1 Å². The number of nitrogens with zero attached hydrogens (tertiary/aromatic N) is 3. The van der Waals surface area contributed by atoms with E-state index in [9.17, 15) is 4.39 Å². The fraction of sp³-hybridized carbons (Fsp3) is 0.200. The number of aromatic nitrogens is 3. The minimum atomic E-state index is -0.280. The van der Waals surface area contributed by atoms with E-state index in [4.69, 9.17) is 0 Å². The van der Waals surface area contributed by atoms with Crippen LogP contribution in [-0.2, 0) is 7.05 Å². The SMILES string of the molecule is Cc1nnn(C)c1-c1ccc(Br)cc1F. The number of aryl methyl sites for hydroxylation is 2. The summed E-state index contributed by atoms with van der Waals surface area (Å²) >= 11 is 3.22. The molecule has 3 nitrogen and oxygen atoms in total. The first-order chi connectivity index (χ1) is 7.09. The van der Waals surface area contributed by atoms with Gasteiger partial charge in [-0.1, -0.05) is 21.1 Å². The Morgan fingerprint density at radius 1 is 1.40 bits per heavy atom. The zero-order chi connectivity index (χ0) is 11.0. The number of hydrogen-bond donors (Lipinski definition) is 0. The van der Waals surface area contributed by atoms with Crippen molar-refractivity contribution in [2.24, 2.45) is 7.05 Å². The first-order valence-corrected chi connectivity index (χ1v) is 5.20. The third kappa shape index (κ3) is 1.79. The van der Waals surface area contributed by atoms with Crippen LogP contribution in [0.4, 0.5) is 4.39 Å². The Hall–Kier alpha value is -1.23. The molecule has 0 aliphatic carbocycles. The van der Waals surface area contributed by atoms with Gasteiger partial charge in [-0.2, -0.15) is 0 Å². The molecule has 2 aromatic rings. The van der Waals surface area contributed by atoms with Gasteiger partial charge in [0, 0.05) is 17.1 Å². The van der Waals surface area contributed by atoms with Gasteiger partial charge in [0.05, 0.1) is 11.4 Å². The summed E-state index contributed by atoms with van der Waals surface area (Å²) in [6.45, 7) is 1.81. The van der Waals surface area contributed by atoms with E-state index < -0.39 is 0 Å². The van der Waals surface area contributed by atoms with Crippen molar-refractivity contribution >= 4 is 15.9 Å². The molecule has 15 heavy (non-hydrogen) atoms. The molecular formula is C10H9BrFN3. The van der Waals surface area contributed by atoms with E-state index in [2.05, 4.69) is 26.2 Å². The summed E-state index contributed by atoms with van der Waals surface area (Å²) in [5.41, 5.74) is 1.95. The van der Waals surface area contributed by atoms with Gasteiger partial charge in [0.25, 0.3) is 0 Å². The Morgan fingerprint density at radius 2 is 2.13 bits per heavy atom. The molecule has 0 atom stereocenters. The third-order valence-electron chi connectivity index (χ3n) is 2.18. The van der Waals surface area contributed by atoms with E-state index in [-0.39, 0.29) is 5.82 Å². The van der Waals surface area contributed by atoms with Crippen molar-refractivity contribution < 1.29 is 4.39 Å². The molecule has 5 heteroatoms. The van der Waals surface area contributed by atoms with Crippen molar-refractivity contribution in [3.63, 3.8) is 0 Å². The van der Waals surface area contributed by atoms with Gasteiger partial charge in [0.2, 0.25) is 0 Å². The van der Waals surface area contributed by atoms with Crippen LogP contribution < -0.4 is 0 Å². The molecular weight excluding hydrogens is 261 g/mol. The zero-order valence-corrected chi connectivity index (χ0v) is 9.92. The van der Waals surface area contributed by atoms with Crippen LogP contribution in [0.25, 0.3) is 11.3 Å². The largest absolute Gasteiger partial charge is 0.247 e. The molecule has 0 bridgehead atoms. The van der Waals surface area contributed by atoms with Crippen molar-refractivity contribution in [1.82, 2.24) is 15.0 Å². The van der Waals surface area contributed by atoms with E-state index in [1.54, 1.807) is 23.9 Å². The van der Waals surface area contributed by atoms with Crippen molar-refractivity contribution in [3.05, 3.63) is 34.2 Å². The lowest BCUT2D eigenvalue weighted by molar-refractivity contribution is 0.626. The lowest BCUT2D eigenvalue weighted by Gasteiger charge is -2.04. The Balaban J connectivity index is 2.64. The number of benzene rings is 1.